The van der Waals surface area contributed by atoms with E-state index in [1.54, 1.807) is 0 Å². The second-order valence-corrected chi connectivity index (χ2v) is 5.49. The van der Waals surface area contributed by atoms with Crippen LogP contribution in [0.2, 0.25) is 0 Å². The molecule has 0 bridgehead atoms. The van der Waals surface area contributed by atoms with E-state index in [2.05, 4.69) is 40.6 Å². The SMILES string of the molecule is C1=CC(c2ccc(-c3nnc(-c4ccccc4)o3)cc2)=CCC1. The van der Waals surface area contributed by atoms with E-state index in [0.717, 1.165) is 24.0 Å². The van der Waals surface area contributed by atoms with Crippen LogP contribution in [0, 0.1) is 0 Å². The van der Waals surface area contributed by atoms with Crippen molar-refractivity contribution in [2.45, 2.75) is 12.8 Å². The minimum absolute atomic E-state index is 0.544. The fourth-order valence-corrected chi connectivity index (χ4v) is 2.67. The van der Waals surface area contributed by atoms with Gasteiger partial charge < -0.3 is 4.42 Å². The Morgan fingerprint density at radius 1 is 0.696 bits per heavy atom. The molecule has 0 amide bonds. The number of aromatic nitrogens is 2. The van der Waals surface area contributed by atoms with Crippen LogP contribution in [0.1, 0.15) is 18.4 Å². The largest absolute Gasteiger partial charge is 0.416 e. The zero-order valence-electron chi connectivity index (χ0n) is 12.6. The molecule has 112 valence electrons. The first-order chi connectivity index (χ1) is 11.4. The molecule has 3 aromatic rings. The minimum Gasteiger partial charge on any atom is -0.416 e. The zero-order chi connectivity index (χ0) is 15.5. The first-order valence-corrected chi connectivity index (χ1v) is 7.76. The number of benzene rings is 2. The summed E-state index contributed by atoms with van der Waals surface area (Å²) in [5, 5.41) is 8.30. The molecule has 0 saturated heterocycles. The number of hydrogen-bond donors (Lipinski definition) is 0. The molecule has 0 saturated carbocycles. The van der Waals surface area contributed by atoms with Crippen molar-refractivity contribution in [1.29, 1.82) is 0 Å². The number of rotatable bonds is 3. The molecule has 23 heavy (non-hydrogen) atoms. The first-order valence-electron chi connectivity index (χ1n) is 7.76. The second kappa shape index (κ2) is 6.05. The molecule has 0 fully saturated rings. The van der Waals surface area contributed by atoms with Crippen molar-refractivity contribution in [3.8, 4) is 22.9 Å². The van der Waals surface area contributed by atoms with E-state index >= 15 is 0 Å². The van der Waals surface area contributed by atoms with Gasteiger partial charge in [0.1, 0.15) is 0 Å². The lowest BCUT2D eigenvalue weighted by Gasteiger charge is -2.07. The van der Waals surface area contributed by atoms with Gasteiger partial charge in [0.15, 0.2) is 0 Å². The molecule has 2 aromatic carbocycles. The van der Waals surface area contributed by atoms with Gasteiger partial charge in [0.2, 0.25) is 11.8 Å². The number of allylic oxidation sites excluding steroid dienone is 4. The lowest BCUT2D eigenvalue weighted by molar-refractivity contribution is 0.584. The molecule has 3 nitrogen and oxygen atoms in total. The van der Waals surface area contributed by atoms with E-state index < -0.39 is 0 Å². The van der Waals surface area contributed by atoms with Gasteiger partial charge in [-0.2, -0.15) is 0 Å². The van der Waals surface area contributed by atoms with Crippen LogP contribution in [0.25, 0.3) is 28.5 Å². The second-order valence-electron chi connectivity index (χ2n) is 5.49. The highest BCUT2D eigenvalue weighted by molar-refractivity contribution is 5.76. The van der Waals surface area contributed by atoms with Gasteiger partial charge in [-0.3, -0.25) is 0 Å². The highest BCUT2D eigenvalue weighted by Crippen LogP contribution is 2.26. The van der Waals surface area contributed by atoms with Crippen LogP contribution in [-0.4, -0.2) is 10.2 Å². The van der Waals surface area contributed by atoms with Crippen LogP contribution in [0.5, 0.6) is 0 Å². The summed E-state index contributed by atoms with van der Waals surface area (Å²) >= 11 is 0. The van der Waals surface area contributed by atoms with Crippen molar-refractivity contribution in [3.05, 3.63) is 78.4 Å². The summed E-state index contributed by atoms with van der Waals surface area (Å²) in [5.41, 5.74) is 4.36. The topological polar surface area (TPSA) is 38.9 Å². The maximum atomic E-state index is 5.79. The molecule has 1 heterocycles. The quantitative estimate of drug-likeness (QED) is 0.672. The molecular weight excluding hydrogens is 284 g/mol. The molecule has 3 heteroatoms. The molecule has 0 atom stereocenters. The van der Waals surface area contributed by atoms with E-state index in [4.69, 9.17) is 4.42 Å². The van der Waals surface area contributed by atoms with Crippen LogP contribution < -0.4 is 0 Å². The van der Waals surface area contributed by atoms with Crippen molar-refractivity contribution in [1.82, 2.24) is 10.2 Å². The monoisotopic (exact) mass is 300 g/mol. The summed E-state index contributed by atoms with van der Waals surface area (Å²) in [6.45, 7) is 0. The third-order valence-corrected chi connectivity index (χ3v) is 3.91. The molecule has 0 unspecified atom stereocenters. The van der Waals surface area contributed by atoms with Gasteiger partial charge >= 0.3 is 0 Å². The highest BCUT2D eigenvalue weighted by Gasteiger charge is 2.10. The van der Waals surface area contributed by atoms with E-state index in [1.165, 1.54) is 11.1 Å². The highest BCUT2D eigenvalue weighted by atomic mass is 16.4. The zero-order valence-corrected chi connectivity index (χ0v) is 12.6. The molecule has 1 aliphatic rings. The fraction of sp³-hybridized carbons (Fsp3) is 0.100. The van der Waals surface area contributed by atoms with E-state index in [9.17, 15) is 0 Å². The predicted molar refractivity (Wildman–Crippen MR) is 91.5 cm³/mol. The van der Waals surface area contributed by atoms with Gasteiger partial charge in [-0.25, -0.2) is 0 Å². The number of hydrogen-bond acceptors (Lipinski definition) is 3. The van der Waals surface area contributed by atoms with E-state index in [0.29, 0.717) is 11.8 Å². The van der Waals surface area contributed by atoms with Gasteiger partial charge in [0.05, 0.1) is 0 Å². The Labute approximate surface area is 135 Å². The fourth-order valence-electron chi connectivity index (χ4n) is 2.67. The maximum Gasteiger partial charge on any atom is 0.248 e. The Bertz CT molecular complexity index is 858. The van der Waals surface area contributed by atoms with Crippen molar-refractivity contribution < 1.29 is 4.42 Å². The summed E-state index contributed by atoms with van der Waals surface area (Å²) in [4.78, 5) is 0. The van der Waals surface area contributed by atoms with Gasteiger partial charge in [-0.05, 0) is 48.2 Å². The average Bonchev–Trinajstić information content (AvgIpc) is 3.14. The van der Waals surface area contributed by atoms with Crippen LogP contribution in [0.4, 0.5) is 0 Å². The molecule has 0 aliphatic heterocycles. The van der Waals surface area contributed by atoms with Gasteiger partial charge in [0.25, 0.3) is 0 Å². The smallest absolute Gasteiger partial charge is 0.248 e. The Hall–Kier alpha value is -2.94. The Morgan fingerprint density at radius 3 is 2.00 bits per heavy atom. The molecule has 4 rings (SSSR count). The molecule has 0 radical (unpaired) electrons. The van der Waals surface area contributed by atoms with E-state index in [1.807, 2.05) is 42.5 Å². The van der Waals surface area contributed by atoms with Crippen molar-refractivity contribution in [3.63, 3.8) is 0 Å². The van der Waals surface area contributed by atoms with Gasteiger partial charge in [-0.1, -0.05) is 48.6 Å². The maximum absolute atomic E-state index is 5.79. The minimum atomic E-state index is 0.544. The van der Waals surface area contributed by atoms with E-state index in [-0.39, 0.29) is 0 Å². The summed E-state index contributed by atoms with van der Waals surface area (Å²) in [6.07, 6.45) is 8.91. The summed E-state index contributed by atoms with van der Waals surface area (Å²) in [6, 6.07) is 18.1. The lowest BCUT2D eigenvalue weighted by Crippen LogP contribution is -1.86. The third kappa shape index (κ3) is 2.86. The standard InChI is InChI=1S/C20H16N2O/c1-3-7-15(8-4-1)16-11-13-18(14-12-16)20-22-21-19(23-20)17-9-5-2-6-10-17/h2-3,5-14H,1,4H2. The normalized spacial score (nSPS) is 13.8. The Balaban J connectivity index is 1.60. The lowest BCUT2D eigenvalue weighted by atomic mass is 9.99. The third-order valence-electron chi connectivity index (χ3n) is 3.91. The van der Waals surface area contributed by atoms with Crippen molar-refractivity contribution in [2.75, 3.05) is 0 Å². The first kappa shape index (κ1) is 13.7. The molecular formula is C20H16N2O. The Kier molecular flexibility index (Phi) is 3.60. The van der Waals surface area contributed by atoms with Crippen LogP contribution in [-0.2, 0) is 0 Å². The van der Waals surface area contributed by atoms with Crippen molar-refractivity contribution >= 4 is 5.57 Å². The molecule has 0 N–H and O–H groups in total. The van der Waals surface area contributed by atoms with Gasteiger partial charge in [-0.15, -0.1) is 10.2 Å². The summed E-state index contributed by atoms with van der Waals surface area (Å²) < 4.78 is 5.79. The predicted octanol–water partition coefficient (Wildman–Crippen LogP) is 5.14. The molecule has 1 aromatic heterocycles. The van der Waals surface area contributed by atoms with Crippen LogP contribution in [0.15, 0.2) is 77.2 Å². The van der Waals surface area contributed by atoms with Gasteiger partial charge in [0, 0.05) is 11.1 Å². The Morgan fingerprint density at radius 2 is 1.35 bits per heavy atom. The average molecular weight is 300 g/mol. The number of nitrogens with zero attached hydrogens (tertiary/aromatic N) is 2. The van der Waals surface area contributed by atoms with Crippen LogP contribution in [0.3, 0.4) is 0 Å². The van der Waals surface area contributed by atoms with Crippen molar-refractivity contribution in [2.24, 2.45) is 0 Å². The molecule has 0 spiro atoms. The summed E-state index contributed by atoms with van der Waals surface area (Å²) in [5.74, 6) is 1.09. The summed E-state index contributed by atoms with van der Waals surface area (Å²) in [7, 11) is 0. The van der Waals surface area contributed by atoms with Crippen LogP contribution >= 0.6 is 0 Å². The molecule has 1 aliphatic carbocycles.